The van der Waals surface area contributed by atoms with Crippen molar-refractivity contribution in [1.29, 1.82) is 0 Å². The molecule has 4 aromatic rings. The number of carbonyl (C=O) groups is 5. The summed E-state index contributed by atoms with van der Waals surface area (Å²) in [5, 5.41) is 18.1. The van der Waals surface area contributed by atoms with Crippen LogP contribution in [-0.4, -0.2) is 88.5 Å². The SMILES string of the molecule is CC(C)(C)OC(=O)N1CCC(NC(=O)c2csc(NC(=O)c3ccc(F)cc3)n2)CC1.O=C(Nc1nc(C(=O)NC2CCNCC2)cs1)c1ccc(F)cc1. The van der Waals surface area contributed by atoms with Gasteiger partial charge in [0.15, 0.2) is 10.3 Å². The molecule has 2 fully saturated rings. The van der Waals surface area contributed by atoms with E-state index in [1.807, 2.05) is 20.8 Å². The van der Waals surface area contributed by atoms with Crippen molar-refractivity contribution in [2.75, 3.05) is 36.8 Å². The normalized spacial score (nSPS) is 14.9. The highest BCUT2D eigenvalue weighted by molar-refractivity contribution is 7.14. The molecular weight excluding hydrogens is 755 g/mol. The van der Waals surface area contributed by atoms with E-state index in [1.165, 1.54) is 59.9 Å². The molecule has 4 heterocycles. The van der Waals surface area contributed by atoms with Crippen LogP contribution >= 0.6 is 22.7 Å². The number of amides is 5. The minimum absolute atomic E-state index is 0.0786. The van der Waals surface area contributed by atoms with E-state index in [0.29, 0.717) is 42.2 Å². The number of rotatable bonds is 8. The summed E-state index contributed by atoms with van der Waals surface area (Å²) >= 11 is 2.30. The minimum atomic E-state index is -0.545. The summed E-state index contributed by atoms with van der Waals surface area (Å²) in [6.45, 7) is 8.24. The van der Waals surface area contributed by atoms with E-state index in [4.69, 9.17) is 4.74 Å². The fourth-order valence-corrected chi connectivity index (χ4v) is 6.80. The number of thiazole rings is 2. The van der Waals surface area contributed by atoms with E-state index < -0.39 is 29.0 Å². The van der Waals surface area contributed by atoms with Crippen molar-refractivity contribution in [3.63, 3.8) is 0 Å². The third-order valence-electron chi connectivity index (χ3n) is 8.28. The van der Waals surface area contributed by atoms with Crippen LogP contribution < -0.4 is 26.6 Å². The molecule has 0 bridgehead atoms. The summed E-state index contributed by atoms with van der Waals surface area (Å²) < 4.78 is 31.2. The molecule has 55 heavy (non-hydrogen) atoms. The zero-order valence-electron chi connectivity index (χ0n) is 30.4. The fourth-order valence-electron chi connectivity index (χ4n) is 5.43. The Balaban J connectivity index is 0.000000218. The molecule has 5 N–H and O–H groups in total. The lowest BCUT2D eigenvalue weighted by molar-refractivity contribution is 0.0199. The lowest BCUT2D eigenvalue weighted by atomic mass is 10.1. The number of hydrogen-bond acceptors (Lipinski definition) is 11. The number of anilines is 2. The summed E-state index contributed by atoms with van der Waals surface area (Å²) in [7, 11) is 0. The predicted octanol–water partition coefficient (Wildman–Crippen LogP) is 5.68. The quantitative estimate of drug-likeness (QED) is 0.150. The molecule has 5 amide bonds. The second kappa shape index (κ2) is 18.8. The number of nitrogens with one attached hydrogen (secondary N) is 5. The van der Waals surface area contributed by atoms with Gasteiger partial charge in [-0.1, -0.05) is 0 Å². The number of halogens is 2. The molecular formula is C37H42F2N8O6S2. The molecule has 2 aromatic carbocycles. The average Bonchev–Trinajstić information content (AvgIpc) is 3.83. The Morgan fingerprint density at radius 1 is 0.691 bits per heavy atom. The zero-order chi connectivity index (χ0) is 39.5. The van der Waals surface area contributed by atoms with Crippen LogP contribution in [0.4, 0.5) is 23.8 Å². The number of carbonyl (C=O) groups excluding carboxylic acids is 5. The molecule has 18 heteroatoms. The number of benzene rings is 2. The molecule has 0 radical (unpaired) electrons. The van der Waals surface area contributed by atoms with Crippen LogP contribution in [-0.2, 0) is 4.74 Å². The van der Waals surface area contributed by atoms with Gasteiger partial charge < -0.3 is 25.6 Å². The summed E-state index contributed by atoms with van der Waals surface area (Å²) in [5.74, 6) is -2.24. The van der Waals surface area contributed by atoms with E-state index in [2.05, 4.69) is 36.6 Å². The molecule has 0 unspecified atom stereocenters. The van der Waals surface area contributed by atoms with Crippen molar-refractivity contribution >= 4 is 62.7 Å². The van der Waals surface area contributed by atoms with Crippen LogP contribution in [0.1, 0.15) is 88.1 Å². The van der Waals surface area contributed by atoms with Crippen molar-refractivity contribution in [3.05, 3.63) is 93.4 Å². The number of ether oxygens (including phenoxy) is 1. The highest BCUT2D eigenvalue weighted by Crippen LogP contribution is 2.20. The Labute approximate surface area is 324 Å². The Hall–Kier alpha value is -5.33. The molecule has 292 valence electrons. The smallest absolute Gasteiger partial charge is 0.410 e. The number of aromatic nitrogens is 2. The van der Waals surface area contributed by atoms with E-state index in [1.54, 1.807) is 15.7 Å². The van der Waals surface area contributed by atoms with Crippen molar-refractivity contribution < 1.29 is 37.5 Å². The summed E-state index contributed by atoms with van der Waals surface area (Å²) in [6, 6.07) is 10.4. The van der Waals surface area contributed by atoms with Gasteiger partial charge in [0.05, 0.1) is 0 Å². The van der Waals surface area contributed by atoms with E-state index in [9.17, 15) is 32.8 Å². The Morgan fingerprint density at radius 3 is 1.53 bits per heavy atom. The first-order chi connectivity index (χ1) is 26.2. The molecule has 2 saturated heterocycles. The van der Waals surface area contributed by atoms with Crippen molar-refractivity contribution in [2.24, 2.45) is 0 Å². The topological polar surface area (TPSA) is 184 Å². The molecule has 0 aliphatic carbocycles. The van der Waals surface area contributed by atoms with E-state index in [0.717, 1.165) is 37.3 Å². The third kappa shape index (κ3) is 12.6. The maximum atomic E-state index is 13.0. The monoisotopic (exact) mass is 796 g/mol. The van der Waals surface area contributed by atoms with Crippen LogP contribution in [0.3, 0.4) is 0 Å². The van der Waals surface area contributed by atoms with Gasteiger partial charge in [0.25, 0.3) is 23.6 Å². The lowest BCUT2D eigenvalue weighted by Gasteiger charge is -2.33. The van der Waals surface area contributed by atoms with E-state index >= 15 is 0 Å². The molecule has 6 rings (SSSR count). The molecule has 0 spiro atoms. The average molecular weight is 797 g/mol. The largest absolute Gasteiger partial charge is 0.444 e. The van der Waals surface area contributed by atoms with Crippen LogP contribution in [0.25, 0.3) is 0 Å². The zero-order valence-corrected chi connectivity index (χ0v) is 32.1. The van der Waals surface area contributed by atoms with Gasteiger partial charge in [0.2, 0.25) is 0 Å². The Kier molecular flexibility index (Phi) is 14.0. The first-order valence-electron chi connectivity index (χ1n) is 17.6. The lowest BCUT2D eigenvalue weighted by Crippen LogP contribution is -2.47. The predicted molar refractivity (Wildman–Crippen MR) is 205 cm³/mol. The van der Waals surface area contributed by atoms with E-state index in [-0.39, 0.29) is 46.5 Å². The molecule has 2 aliphatic heterocycles. The van der Waals surface area contributed by atoms with Crippen LogP contribution in [0, 0.1) is 11.6 Å². The summed E-state index contributed by atoms with van der Waals surface area (Å²) in [6.07, 6.45) is 2.67. The first-order valence-corrected chi connectivity index (χ1v) is 19.3. The van der Waals surface area contributed by atoms with Gasteiger partial charge in [-0.2, -0.15) is 0 Å². The highest BCUT2D eigenvalue weighted by Gasteiger charge is 2.28. The molecule has 0 atom stereocenters. The van der Waals surface area contributed by atoms with Gasteiger partial charge in [0.1, 0.15) is 28.6 Å². The van der Waals surface area contributed by atoms with Gasteiger partial charge in [0, 0.05) is 47.1 Å². The summed E-state index contributed by atoms with van der Waals surface area (Å²) in [5.41, 5.74) is 0.560. The van der Waals surface area contributed by atoms with Crippen molar-refractivity contribution in [2.45, 2.75) is 64.1 Å². The van der Waals surface area contributed by atoms with Gasteiger partial charge in [-0.3, -0.25) is 29.8 Å². The number of likely N-dealkylation sites (tertiary alicyclic amines) is 1. The maximum absolute atomic E-state index is 13.0. The number of piperidine rings is 2. The van der Waals surface area contributed by atoms with Gasteiger partial charge >= 0.3 is 6.09 Å². The first kappa shape index (κ1) is 40.8. The standard InChI is InChI=1S/C21H25FN4O4S.C16H17FN4O2S/c1-21(2,3)30-20(29)26-10-8-15(9-11-26)23-18(28)16-12-31-19(24-16)25-17(27)13-4-6-14(22)7-5-13;17-11-3-1-10(2-4-11)14(22)21-16-20-13(9-24-16)15(23)19-12-5-7-18-8-6-12/h4-7,12,15H,8-11H2,1-3H3,(H,23,28)(H,24,25,27);1-4,9,12,18H,5-8H2,(H,19,23)(H,20,21,22). The van der Waals surface area contributed by atoms with Crippen molar-refractivity contribution in [3.8, 4) is 0 Å². The number of hydrogen-bond donors (Lipinski definition) is 5. The fraction of sp³-hybridized carbons (Fsp3) is 0.378. The van der Waals surface area contributed by atoms with Crippen molar-refractivity contribution in [1.82, 2.24) is 30.8 Å². The molecule has 2 aromatic heterocycles. The Morgan fingerprint density at radius 2 is 1.11 bits per heavy atom. The number of nitrogens with zero attached hydrogens (tertiary/aromatic N) is 3. The van der Waals surface area contributed by atoms with Gasteiger partial charge in [-0.15, -0.1) is 22.7 Å². The minimum Gasteiger partial charge on any atom is -0.444 e. The molecule has 0 saturated carbocycles. The maximum Gasteiger partial charge on any atom is 0.410 e. The Bertz CT molecular complexity index is 1950. The molecule has 2 aliphatic rings. The van der Waals surface area contributed by atoms with Crippen LogP contribution in [0.2, 0.25) is 0 Å². The third-order valence-corrected chi connectivity index (χ3v) is 9.80. The highest BCUT2D eigenvalue weighted by atomic mass is 32.1. The molecule has 14 nitrogen and oxygen atoms in total. The second-order valence-electron chi connectivity index (χ2n) is 13.7. The van der Waals surface area contributed by atoms with Gasteiger partial charge in [-0.25, -0.2) is 23.5 Å². The van der Waals surface area contributed by atoms with Crippen LogP contribution in [0.5, 0.6) is 0 Å². The van der Waals surface area contributed by atoms with Gasteiger partial charge in [-0.05, 0) is 108 Å². The second-order valence-corrected chi connectivity index (χ2v) is 15.4. The van der Waals surface area contributed by atoms with Crippen LogP contribution in [0.15, 0.2) is 59.3 Å². The summed E-state index contributed by atoms with van der Waals surface area (Å²) in [4.78, 5) is 71.0.